The molecule has 1 saturated carbocycles. The zero-order valence-corrected chi connectivity index (χ0v) is 26.1. The predicted octanol–water partition coefficient (Wildman–Crippen LogP) is 7.36. The number of amides is 1. The van der Waals surface area contributed by atoms with Crippen molar-refractivity contribution < 1.29 is 27.8 Å². The first-order chi connectivity index (χ1) is 21.4. The molecule has 45 heavy (non-hydrogen) atoms. The normalized spacial score (nSPS) is 18.0. The van der Waals surface area contributed by atoms with Crippen LogP contribution in [0.15, 0.2) is 73.1 Å². The fourth-order valence-electron chi connectivity index (χ4n) is 5.78. The highest BCUT2D eigenvalue weighted by Gasteiger charge is 2.33. The number of halogens is 2. The summed E-state index contributed by atoms with van der Waals surface area (Å²) < 4.78 is 38.9. The first-order valence-corrected chi connectivity index (χ1v) is 15.3. The lowest BCUT2D eigenvalue weighted by molar-refractivity contribution is -0.159. The average Bonchev–Trinajstić information content (AvgIpc) is 3.45. The van der Waals surface area contributed by atoms with Crippen molar-refractivity contribution in [1.82, 2.24) is 15.2 Å². The number of nitrogens with zero attached hydrogens (tertiary/aromatic N) is 2. The molecule has 5 rings (SSSR count). The molecule has 1 fully saturated rings. The molecular formula is C36H39F2N3O4. The summed E-state index contributed by atoms with van der Waals surface area (Å²) in [7, 11) is 0. The van der Waals surface area contributed by atoms with Gasteiger partial charge in [0.25, 0.3) is 5.91 Å². The van der Waals surface area contributed by atoms with Gasteiger partial charge in [-0.1, -0.05) is 18.2 Å². The lowest BCUT2D eigenvalue weighted by Gasteiger charge is -2.26. The lowest BCUT2D eigenvalue weighted by Crippen LogP contribution is -2.29. The summed E-state index contributed by atoms with van der Waals surface area (Å²) in [5, 5.41) is 2.72. The monoisotopic (exact) mass is 615 g/mol. The number of pyridine rings is 1. The van der Waals surface area contributed by atoms with Crippen molar-refractivity contribution in [2.24, 2.45) is 11.8 Å². The van der Waals surface area contributed by atoms with E-state index in [0.29, 0.717) is 34.1 Å². The molecule has 2 aliphatic rings. The number of hydrogen-bond acceptors (Lipinski definition) is 6. The summed E-state index contributed by atoms with van der Waals surface area (Å²) in [6.45, 7) is 9.11. The molecule has 1 amide bonds. The van der Waals surface area contributed by atoms with Gasteiger partial charge in [0, 0.05) is 60.9 Å². The Hall–Kier alpha value is -4.53. The summed E-state index contributed by atoms with van der Waals surface area (Å²) in [4.78, 5) is 32.3. The number of rotatable bonds is 9. The Morgan fingerprint density at radius 1 is 1.07 bits per heavy atom. The van der Waals surface area contributed by atoms with Crippen LogP contribution in [0.5, 0.6) is 11.5 Å². The second-order valence-corrected chi connectivity index (χ2v) is 12.7. The predicted molar refractivity (Wildman–Crippen MR) is 168 cm³/mol. The smallest absolute Gasteiger partial charge is 0.309 e. The zero-order valence-electron chi connectivity index (χ0n) is 26.1. The highest BCUT2D eigenvalue weighted by Crippen LogP contribution is 2.34. The van der Waals surface area contributed by atoms with E-state index in [1.807, 2.05) is 32.9 Å². The minimum atomic E-state index is -0.697. The van der Waals surface area contributed by atoms with Gasteiger partial charge in [-0.15, -0.1) is 0 Å². The van der Waals surface area contributed by atoms with Gasteiger partial charge in [0.15, 0.2) is 0 Å². The molecule has 0 saturated heterocycles. The maximum atomic E-state index is 13.5. The van der Waals surface area contributed by atoms with E-state index in [4.69, 9.17) is 9.47 Å². The maximum Gasteiger partial charge on any atom is 0.309 e. The van der Waals surface area contributed by atoms with Crippen LogP contribution in [0, 0.1) is 30.4 Å². The number of nitrogens with one attached hydrogen (secondary N) is 1. The second kappa shape index (κ2) is 13.6. The Balaban J connectivity index is 1.22. The molecule has 1 aliphatic heterocycles. The van der Waals surface area contributed by atoms with Crippen molar-refractivity contribution in [3.05, 3.63) is 107 Å². The molecule has 0 spiro atoms. The van der Waals surface area contributed by atoms with E-state index in [1.54, 1.807) is 37.4 Å². The number of carbonyl (C=O) groups excluding carboxylic acids is 2. The number of aromatic nitrogens is 1. The van der Waals surface area contributed by atoms with Gasteiger partial charge < -0.3 is 19.7 Å². The lowest BCUT2D eigenvalue weighted by atomic mass is 10.0. The molecule has 1 N–H and O–H groups in total. The fraction of sp³-hybridized carbons (Fsp3) is 0.361. The molecular weight excluding hydrogens is 576 g/mol. The van der Waals surface area contributed by atoms with Crippen LogP contribution in [-0.4, -0.2) is 40.5 Å². The van der Waals surface area contributed by atoms with Crippen molar-refractivity contribution in [3.8, 4) is 11.5 Å². The topological polar surface area (TPSA) is 80.8 Å². The van der Waals surface area contributed by atoms with Crippen LogP contribution in [0.3, 0.4) is 0 Å². The molecule has 0 radical (unpaired) electrons. The number of ether oxygens (including phenoxy) is 2. The minimum absolute atomic E-state index is 0.0174. The Morgan fingerprint density at radius 2 is 1.84 bits per heavy atom. The third-order valence-corrected chi connectivity index (χ3v) is 7.89. The quantitative estimate of drug-likeness (QED) is 0.254. The van der Waals surface area contributed by atoms with Crippen LogP contribution in [0.2, 0.25) is 0 Å². The van der Waals surface area contributed by atoms with Crippen LogP contribution in [0.1, 0.15) is 67.2 Å². The van der Waals surface area contributed by atoms with Gasteiger partial charge >= 0.3 is 5.97 Å². The molecule has 0 bridgehead atoms. The van der Waals surface area contributed by atoms with Crippen molar-refractivity contribution >= 4 is 17.4 Å². The molecule has 2 aromatic carbocycles. The summed E-state index contributed by atoms with van der Waals surface area (Å²) in [6, 6.07) is 12.0. The van der Waals surface area contributed by atoms with Crippen molar-refractivity contribution in [3.63, 3.8) is 0 Å². The standard InChI is InChI=1S/C36H39F2N3O4/c1-23-31(34(42)40-20-25-16-28(37)18-29(38)17-25)8-5-9-33(23)44-30-12-13-39-32(19-30)27-7-6-14-41(22-27)21-24-10-11-26(15-24)35(43)45-36(2,3)4/h5-9,12-13,16-19,22,24,26H,10-11,14-15,20-21H2,1-4H3,(H,40,42). The number of hydrogen-bond donors (Lipinski definition) is 1. The van der Waals surface area contributed by atoms with Gasteiger partial charge in [-0.3, -0.25) is 14.6 Å². The molecule has 2 unspecified atom stereocenters. The van der Waals surface area contributed by atoms with E-state index in [0.717, 1.165) is 49.7 Å². The third kappa shape index (κ3) is 8.56. The van der Waals surface area contributed by atoms with Crippen molar-refractivity contribution in [2.45, 2.75) is 59.1 Å². The number of esters is 1. The van der Waals surface area contributed by atoms with E-state index in [-0.39, 0.29) is 24.3 Å². The van der Waals surface area contributed by atoms with E-state index in [9.17, 15) is 18.4 Å². The van der Waals surface area contributed by atoms with Gasteiger partial charge in [0.1, 0.15) is 28.7 Å². The maximum absolute atomic E-state index is 13.5. The van der Waals surface area contributed by atoms with Crippen LogP contribution in [-0.2, 0) is 16.1 Å². The van der Waals surface area contributed by atoms with E-state index < -0.39 is 17.2 Å². The number of allylic oxidation sites excluding steroid dienone is 2. The molecule has 7 nitrogen and oxygen atoms in total. The van der Waals surface area contributed by atoms with Gasteiger partial charge in [-0.25, -0.2) is 8.78 Å². The second-order valence-electron chi connectivity index (χ2n) is 12.7. The van der Waals surface area contributed by atoms with Crippen molar-refractivity contribution in [2.75, 3.05) is 13.1 Å². The molecule has 1 aliphatic carbocycles. The van der Waals surface area contributed by atoms with Crippen LogP contribution < -0.4 is 10.1 Å². The molecule has 2 atom stereocenters. The fourth-order valence-corrected chi connectivity index (χ4v) is 5.78. The minimum Gasteiger partial charge on any atom is -0.460 e. The van der Waals surface area contributed by atoms with Gasteiger partial charge in [0.2, 0.25) is 0 Å². The highest BCUT2D eigenvalue weighted by molar-refractivity contribution is 5.96. The summed E-state index contributed by atoms with van der Waals surface area (Å²) in [6.07, 6.45) is 10.6. The van der Waals surface area contributed by atoms with Crippen LogP contribution in [0.4, 0.5) is 8.78 Å². The largest absolute Gasteiger partial charge is 0.460 e. The first-order valence-electron chi connectivity index (χ1n) is 15.3. The average molecular weight is 616 g/mol. The Labute approximate surface area is 262 Å². The Bertz CT molecular complexity index is 1610. The van der Waals surface area contributed by atoms with Gasteiger partial charge in [0.05, 0.1) is 11.6 Å². The molecule has 9 heteroatoms. The Kier molecular flexibility index (Phi) is 9.65. The highest BCUT2D eigenvalue weighted by atomic mass is 19.1. The van der Waals surface area contributed by atoms with Gasteiger partial charge in [-0.2, -0.15) is 0 Å². The molecule has 1 aromatic heterocycles. The van der Waals surface area contributed by atoms with Crippen LogP contribution in [0.25, 0.3) is 5.57 Å². The van der Waals surface area contributed by atoms with E-state index in [2.05, 4.69) is 27.5 Å². The molecule has 2 heterocycles. The first kappa shape index (κ1) is 31.9. The van der Waals surface area contributed by atoms with Crippen LogP contribution >= 0.6 is 0 Å². The van der Waals surface area contributed by atoms with Crippen molar-refractivity contribution in [1.29, 1.82) is 0 Å². The van der Waals surface area contributed by atoms with E-state index in [1.165, 1.54) is 12.1 Å². The van der Waals surface area contributed by atoms with Gasteiger partial charge in [-0.05, 0) is 88.8 Å². The number of carbonyl (C=O) groups is 2. The summed E-state index contributed by atoms with van der Waals surface area (Å²) in [5.41, 5.74) is 2.58. The van der Waals surface area contributed by atoms with E-state index >= 15 is 0 Å². The molecule has 236 valence electrons. The SMILES string of the molecule is Cc1c(Oc2ccnc(C3=CN(CC4CCC(C(=O)OC(C)(C)C)C4)CC=C3)c2)cccc1C(=O)NCc1cc(F)cc(F)c1. The summed E-state index contributed by atoms with van der Waals surface area (Å²) >= 11 is 0. The third-order valence-electron chi connectivity index (χ3n) is 7.89. The molecule has 3 aromatic rings. The zero-order chi connectivity index (χ0) is 32.1. The number of benzene rings is 2. The summed E-state index contributed by atoms with van der Waals surface area (Å²) in [5.74, 6) is -0.423. The Morgan fingerprint density at radius 3 is 2.60 bits per heavy atom.